The third kappa shape index (κ3) is 2.94. The molecule has 1 aromatic rings. The summed E-state index contributed by atoms with van der Waals surface area (Å²) in [6.45, 7) is 2.10. The van der Waals surface area contributed by atoms with E-state index in [1.54, 1.807) is 24.2 Å². The lowest BCUT2D eigenvalue weighted by Crippen LogP contribution is -2.52. The Morgan fingerprint density at radius 2 is 1.72 bits per heavy atom. The summed E-state index contributed by atoms with van der Waals surface area (Å²) >= 11 is 0. The van der Waals surface area contributed by atoms with E-state index in [1.807, 2.05) is 4.90 Å². The van der Waals surface area contributed by atoms with Crippen molar-refractivity contribution in [1.82, 2.24) is 19.6 Å². The number of rotatable bonds is 3. The van der Waals surface area contributed by atoms with Gasteiger partial charge in [0, 0.05) is 45.3 Å². The van der Waals surface area contributed by atoms with Gasteiger partial charge in [0.1, 0.15) is 0 Å². The first-order valence-electron chi connectivity index (χ1n) is 9.28. The Morgan fingerprint density at radius 3 is 2.24 bits per heavy atom. The second-order valence-corrected chi connectivity index (χ2v) is 7.70. The van der Waals surface area contributed by atoms with Gasteiger partial charge in [-0.15, -0.1) is 0 Å². The van der Waals surface area contributed by atoms with E-state index in [1.165, 1.54) is 17.5 Å². The SMILES string of the molecule is Cn1nccc1C(O)C(=O)N1CCN(C(=O)C2C[C@H]3CC[C@H]3C2)CC1. The van der Waals surface area contributed by atoms with Crippen LogP contribution in [0.3, 0.4) is 0 Å². The molecule has 136 valence electrons. The number of hydrogen-bond donors (Lipinski definition) is 1. The molecule has 2 amide bonds. The minimum Gasteiger partial charge on any atom is -0.377 e. The van der Waals surface area contributed by atoms with Crippen molar-refractivity contribution >= 4 is 11.8 Å². The van der Waals surface area contributed by atoms with E-state index in [-0.39, 0.29) is 17.7 Å². The number of aliphatic hydroxyl groups is 1. The number of nitrogens with zero attached hydrogens (tertiary/aromatic N) is 4. The van der Waals surface area contributed by atoms with Gasteiger partial charge >= 0.3 is 0 Å². The largest absolute Gasteiger partial charge is 0.377 e. The molecule has 7 heteroatoms. The second-order valence-electron chi connectivity index (χ2n) is 7.70. The predicted molar refractivity (Wildman–Crippen MR) is 90.3 cm³/mol. The Balaban J connectivity index is 1.31. The van der Waals surface area contributed by atoms with Crippen molar-refractivity contribution in [3.8, 4) is 0 Å². The Labute approximate surface area is 147 Å². The van der Waals surface area contributed by atoms with Gasteiger partial charge in [-0.2, -0.15) is 5.10 Å². The first-order chi connectivity index (χ1) is 12.0. The van der Waals surface area contributed by atoms with Crippen molar-refractivity contribution in [3.05, 3.63) is 18.0 Å². The average Bonchev–Trinajstić information content (AvgIpc) is 3.16. The van der Waals surface area contributed by atoms with Gasteiger partial charge in [0.2, 0.25) is 5.91 Å². The maximum absolute atomic E-state index is 12.7. The van der Waals surface area contributed by atoms with Crippen LogP contribution in [0.25, 0.3) is 0 Å². The summed E-state index contributed by atoms with van der Waals surface area (Å²) in [6, 6.07) is 1.65. The van der Waals surface area contributed by atoms with Crippen molar-refractivity contribution in [2.45, 2.75) is 31.8 Å². The molecule has 2 saturated carbocycles. The molecule has 1 saturated heterocycles. The highest BCUT2D eigenvalue weighted by Crippen LogP contribution is 2.49. The highest BCUT2D eigenvalue weighted by atomic mass is 16.3. The van der Waals surface area contributed by atoms with E-state index in [4.69, 9.17) is 0 Å². The number of hydrogen-bond acceptors (Lipinski definition) is 4. The average molecular weight is 346 g/mol. The minimum absolute atomic E-state index is 0.194. The molecule has 4 rings (SSSR count). The molecule has 1 N–H and O–H groups in total. The monoisotopic (exact) mass is 346 g/mol. The van der Waals surface area contributed by atoms with E-state index in [2.05, 4.69) is 5.10 Å². The Bertz CT molecular complexity index is 653. The fourth-order valence-electron chi connectivity index (χ4n) is 4.64. The molecule has 0 bridgehead atoms. The van der Waals surface area contributed by atoms with Gasteiger partial charge in [0.05, 0.1) is 5.69 Å². The van der Waals surface area contributed by atoms with Gasteiger partial charge in [-0.3, -0.25) is 14.3 Å². The van der Waals surface area contributed by atoms with Crippen LogP contribution in [0.1, 0.15) is 37.5 Å². The zero-order valence-corrected chi connectivity index (χ0v) is 14.7. The molecule has 0 aromatic carbocycles. The van der Waals surface area contributed by atoms with Crippen molar-refractivity contribution in [1.29, 1.82) is 0 Å². The molecular weight excluding hydrogens is 320 g/mol. The topological polar surface area (TPSA) is 78.7 Å². The molecular formula is C18H26N4O3. The van der Waals surface area contributed by atoms with Gasteiger partial charge in [0.25, 0.3) is 5.91 Å². The van der Waals surface area contributed by atoms with Crippen LogP contribution in [0, 0.1) is 17.8 Å². The summed E-state index contributed by atoms with van der Waals surface area (Å²) in [6.07, 6.45) is 5.08. The molecule has 2 aliphatic carbocycles. The van der Waals surface area contributed by atoms with Crippen LogP contribution >= 0.6 is 0 Å². The van der Waals surface area contributed by atoms with Gasteiger partial charge in [-0.1, -0.05) is 0 Å². The molecule has 25 heavy (non-hydrogen) atoms. The summed E-state index contributed by atoms with van der Waals surface area (Å²) in [5, 5.41) is 14.3. The van der Waals surface area contributed by atoms with Crippen LogP contribution in [-0.4, -0.2) is 62.7 Å². The number of fused-ring (bicyclic) bond motifs is 1. The van der Waals surface area contributed by atoms with E-state index in [0.717, 1.165) is 24.7 Å². The fraction of sp³-hybridized carbons (Fsp3) is 0.722. The van der Waals surface area contributed by atoms with Crippen LogP contribution in [0.4, 0.5) is 0 Å². The molecule has 2 unspecified atom stereocenters. The third-order valence-electron chi connectivity index (χ3n) is 6.37. The second kappa shape index (κ2) is 6.44. The smallest absolute Gasteiger partial charge is 0.257 e. The Hall–Kier alpha value is -1.89. The van der Waals surface area contributed by atoms with E-state index < -0.39 is 6.10 Å². The first kappa shape index (κ1) is 16.6. The standard InChI is InChI=1S/C18H26N4O3/c1-20-15(4-5-19-20)16(23)18(25)22-8-6-21(7-9-22)17(24)14-10-12-2-3-13(12)11-14/h4-5,12-14,16,23H,2-3,6-11H2,1H3/t12-,13+,14?,16?. The lowest BCUT2D eigenvalue weighted by Gasteiger charge is -2.36. The molecule has 7 nitrogen and oxygen atoms in total. The normalized spacial score (nSPS) is 29.9. The highest BCUT2D eigenvalue weighted by molar-refractivity contribution is 5.83. The molecule has 3 aliphatic rings. The van der Waals surface area contributed by atoms with Gasteiger partial charge in [-0.05, 0) is 43.6 Å². The molecule has 2 heterocycles. The molecule has 1 aromatic heterocycles. The number of carbonyl (C=O) groups is 2. The first-order valence-corrected chi connectivity index (χ1v) is 9.28. The number of carbonyl (C=O) groups excluding carboxylic acids is 2. The van der Waals surface area contributed by atoms with Crippen LogP contribution in [0.5, 0.6) is 0 Å². The molecule has 0 radical (unpaired) electrons. The number of aliphatic hydroxyl groups excluding tert-OH is 1. The maximum atomic E-state index is 12.7. The van der Waals surface area contributed by atoms with E-state index in [0.29, 0.717) is 31.9 Å². The van der Waals surface area contributed by atoms with Gasteiger partial charge in [-0.25, -0.2) is 0 Å². The lowest BCUT2D eigenvalue weighted by molar-refractivity contribution is -0.147. The number of piperazine rings is 1. The molecule has 3 fully saturated rings. The van der Waals surface area contributed by atoms with Crippen LogP contribution in [0.2, 0.25) is 0 Å². The van der Waals surface area contributed by atoms with Crippen molar-refractivity contribution in [2.24, 2.45) is 24.8 Å². The molecule has 1 aliphatic heterocycles. The number of aryl methyl sites for hydroxylation is 1. The van der Waals surface area contributed by atoms with Gasteiger partial charge in [0.15, 0.2) is 6.10 Å². The summed E-state index contributed by atoms with van der Waals surface area (Å²) in [5.74, 6) is 1.72. The van der Waals surface area contributed by atoms with Crippen molar-refractivity contribution in [3.63, 3.8) is 0 Å². The van der Waals surface area contributed by atoms with Crippen LogP contribution in [0.15, 0.2) is 12.3 Å². The van der Waals surface area contributed by atoms with E-state index >= 15 is 0 Å². The molecule has 4 atom stereocenters. The zero-order chi connectivity index (χ0) is 17.6. The zero-order valence-electron chi connectivity index (χ0n) is 14.7. The molecule has 0 spiro atoms. The Morgan fingerprint density at radius 1 is 1.12 bits per heavy atom. The predicted octanol–water partition coefficient (Wildman–Crippen LogP) is 0.560. The summed E-state index contributed by atoms with van der Waals surface area (Å²) < 4.78 is 1.51. The third-order valence-corrected chi connectivity index (χ3v) is 6.37. The highest BCUT2D eigenvalue weighted by Gasteiger charge is 2.44. The minimum atomic E-state index is -1.19. The van der Waals surface area contributed by atoms with Crippen molar-refractivity contribution < 1.29 is 14.7 Å². The quantitative estimate of drug-likeness (QED) is 0.867. The summed E-state index contributed by atoms with van der Waals surface area (Å²) in [4.78, 5) is 28.8. The van der Waals surface area contributed by atoms with E-state index in [9.17, 15) is 14.7 Å². The van der Waals surface area contributed by atoms with Crippen LogP contribution < -0.4 is 0 Å². The lowest BCUT2D eigenvalue weighted by atomic mass is 9.77. The maximum Gasteiger partial charge on any atom is 0.257 e. The van der Waals surface area contributed by atoms with Gasteiger partial charge < -0.3 is 14.9 Å². The Kier molecular flexibility index (Phi) is 4.27. The summed E-state index contributed by atoms with van der Waals surface area (Å²) in [5.41, 5.74) is 0.491. The van der Waals surface area contributed by atoms with Crippen molar-refractivity contribution in [2.75, 3.05) is 26.2 Å². The number of amides is 2. The number of aromatic nitrogens is 2. The summed E-state index contributed by atoms with van der Waals surface area (Å²) in [7, 11) is 1.71. The van der Waals surface area contributed by atoms with Crippen LogP contribution in [-0.2, 0) is 16.6 Å². The fourth-order valence-corrected chi connectivity index (χ4v) is 4.64.